The van der Waals surface area contributed by atoms with Gasteiger partial charge in [-0.2, -0.15) is 5.10 Å². The van der Waals surface area contributed by atoms with Gasteiger partial charge in [-0.3, -0.25) is 0 Å². The van der Waals surface area contributed by atoms with Gasteiger partial charge in [0, 0.05) is 12.1 Å². The maximum atomic E-state index is 13.1. The summed E-state index contributed by atoms with van der Waals surface area (Å²) in [4.78, 5) is 38.7. The average Bonchev–Trinajstić information content (AvgIpc) is 3.21. The molecule has 1 heterocycles. The second-order valence-electron chi connectivity index (χ2n) is 10.2. The highest BCUT2D eigenvalue weighted by Gasteiger charge is 2.47. The van der Waals surface area contributed by atoms with Gasteiger partial charge in [-0.1, -0.05) is 4.80 Å². The fourth-order valence-corrected chi connectivity index (χ4v) is 2.93. The van der Waals surface area contributed by atoms with Gasteiger partial charge in [-0.15, -0.1) is 5.10 Å². The molecular weight excluding hydrogens is 457 g/mol. The van der Waals surface area contributed by atoms with E-state index in [4.69, 9.17) is 15.2 Å². The number of rotatable bonds is 8. The van der Waals surface area contributed by atoms with Crippen molar-refractivity contribution in [1.82, 2.24) is 20.3 Å². The van der Waals surface area contributed by atoms with Crippen molar-refractivity contribution in [2.45, 2.75) is 77.5 Å². The third kappa shape index (κ3) is 8.43. The zero-order chi connectivity index (χ0) is 26.4. The fourth-order valence-electron chi connectivity index (χ4n) is 2.93. The Kier molecular flexibility index (Phi) is 8.72. The highest BCUT2D eigenvalue weighted by atomic mass is 19.1. The number of hydrogen-bond donors (Lipinski definition) is 2. The van der Waals surface area contributed by atoms with Crippen molar-refractivity contribution in [3.05, 3.63) is 36.3 Å². The zero-order valence-corrected chi connectivity index (χ0v) is 21.1. The number of nitrogens with two attached hydrogens (primary N) is 1. The number of halogens is 1. The molecule has 0 spiro atoms. The fraction of sp³-hybridized carbons (Fsp3) is 0.542. The molecule has 1 aromatic heterocycles. The molecule has 0 radical (unpaired) electrons. The largest absolute Gasteiger partial charge is 0.458 e. The second kappa shape index (κ2) is 10.9. The van der Waals surface area contributed by atoms with E-state index in [9.17, 15) is 18.8 Å². The molecular formula is C24H34FN5O5. The summed E-state index contributed by atoms with van der Waals surface area (Å²) in [5.41, 5.74) is 3.62. The van der Waals surface area contributed by atoms with Gasteiger partial charge in [-0.05, 0) is 85.1 Å². The van der Waals surface area contributed by atoms with Crippen molar-refractivity contribution in [3.8, 4) is 11.3 Å². The van der Waals surface area contributed by atoms with Crippen LogP contribution in [0.25, 0.3) is 11.3 Å². The number of ether oxygens (including phenoxy) is 2. The first-order chi connectivity index (χ1) is 16.1. The molecule has 0 aliphatic carbocycles. The van der Waals surface area contributed by atoms with Crippen LogP contribution in [-0.4, -0.2) is 56.2 Å². The number of amides is 1. The van der Waals surface area contributed by atoms with Gasteiger partial charge >= 0.3 is 18.0 Å². The van der Waals surface area contributed by atoms with Gasteiger partial charge in [0.15, 0.2) is 0 Å². The van der Waals surface area contributed by atoms with Crippen LogP contribution in [0.4, 0.5) is 9.18 Å². The summed E-state index contributed by atoms with van der Waals surface area (Å²) in [7, 11) is 0. The molecule has 1 amide bonds. The lowest BCUT2D eigenvalue weighted by Crippen LogP contribution is -2.59. The first-order valence-corrected chi connectivity index (χ1v) is 11.3. The first kappa shape index (κ1) is 27.9. The van der Waals surface area contributed by atoms with Gasteiger partial charge in [-0.25, -0.2) is 18.8 Å². The number of aromatic nitrogens is 3. The van der Waals surface area contributed by atoms with Crippen molar-refractivity contribution in [3.63, 3.8) is 0 Å². The molecule has 35 heavy (non-hydrogen) atoms. The van der Waals surface area contributed by atoms with Crippen LogP contribution in [0.1, 0.15) is 60.8 Å². The summed E-state index contributed by atoms with van der Waals surface area (Å²) >= 11 is 0. The summed E-state index contributed by atoms with van der Waals surface area (Å²) in [5.74, 6) is -2.10. The highest BCUT2D eigenvalue weighted by molar-refractivity contribution is 6.04. The average molecular weight is 492 g/mol. The molecule has 0 atom stereocenters. The Morgan fingerprint density at radius 1 is 0.971 bits per heavy atom. The van der Waals surface area contributed by atoms with E-state index in [0.717, 1.165) is 4.80 Å². The molecule has 0 saturated carbocycles. The molecule has 1 aromatic carbocycles. The van der Waals surface area contributed by atoms with E-state index in [1.807, 2.05) is 0 Å². The summed E-state index contributed by atoms with van der Waals surface area (Å²) < 4.78 is 23.8. The topological polar surface area (TPSA) is 138 Å². The van der Waals surface area contributed by atoms with Crippen molar-refractivity contribution in [2.24, 2.45) is 5.73 Å². The van der Waals surface area contributed by atoms with Gasteiger partial charge in [0.1, 0.15) is 22.7 Å². The van der Waals surface area contributed by atoms with E-state index in [0.29, 0.717) is 24.1 Å². The van der Waals surface area contributed by atoms with Gasteiger partial charge in [0.05, 0.1) is 6.20 Å². The van der Waals surface area contributed by atoms with Gasteiger partial charge < -0.3 is 20.5 Å². The molecule has 0 aliphatic heterocycles. The smallest absolute Gasteiger partial charge is 0.359 e. The number of carbonyl (C=O) groups excluding carboxylic acids is 3. The van der Waals surface area contributed by atoms with Crippen molar-refractivity contribution >= 4 is 18.0 Å². The minimum absolute atomic E-state index is 0.0264. The first-order valence-electron chi connectivity index (χ1n) is 11.3. The lowest BCUT2D eigenvalue weighted by atomic mass is 9.93. The number of hydrogen-bond acceptors (Lipinski definition) is 8. The zero-order valence-electron chi connectivity index (χ0n) is 21.1. The number of carbonyl (C=O) groups is 3. The summed E-state index contributed by atoms with van der Waals surface area (Å²) in [6.07, 6.45) is 2.13. The van der Waals surface area contributed by atoms with E-state index in [1.54, 1.807) is 41.5 Å². The highest BCUT2D eigenvalue weighted by Crippen LogP contribution is 2.22. The second-order valence-corrected chi connectivity index (χ2v) is 10.2. The van der Waals surface area contributed by atoms with Crippen LogP contribution in [0, 0.1) is 5.82 Å². The monoisotopic (exact) mass is 491 g/mol. The van der Waals surface area contributed by atoms with Crippen molar-refractivity contribution in [1.29, 1.82) is 0 Å². The number of nitrogens with one attached hydrogen (secondary N) is 1. The Morgan fingerprint density at radius 2 is 1.51 bits per heavy atom. The Morgan fingerprint density at radius 3 is 2.03 bits per heavy atom. The summed E-state index contributed by atoms with van der Waals surface area (Å²) in [6, 6.07) is 5.10. The minimum Gasteiger partial charge on any atom is -0.458 e. The Bertz CT molecular complexity index is 1010. The third-order valence-corrected chi connectivity index (χ3v) is 4.61. The Labute approximate surface area is 204 Å². The minimum atomic E-state index is -1.97. The van der Waals surface area contributed by atoms with Crippen LogP contribution in [0.3, 0.4) is 0 Å². The number of nitrogens with zero attached hydrogens (tertiary/aromatic N) is 3. The maximum absolute atomic E-state index is 13.1. The quantitative estimate of drug-likeness (QED) is 0.326. The Hall–Kier alpha value is -3.34. The molecule has 2 aromatic rings. The van der Waals surface area contributed by atoms with Crippen LogP contribution in [0.2, 0.25) is 0 Å². The molecule has 0 aliphatic rings. The maximum Gasteiger partial charge on any atom is 0.359 e. The van der Waals surface area contributed by atoms with Crippen LogP contribution in [0.5, 0.6) is 0 Å². The molecule has 0 unspecified atom stereocenters. The van der Waals surface area contributed by atoms with Gasteiger partial charge in [0.25, 0.3) is 0 Å². The molecule has 3 N–H and O–H groups in total. The number of benzene rings is 1. The molecule has 0 saturated heterocycles. The van der Waals surface area contributed by atoms with Crippen LogP contribution in [0.15, 0.2) is 30.5 Å². The molecule has 0 bridgehead atoms. The van der Waals surface area contributed by atoms with E-state index in [2.05, 4.69) is 15.5 Å². The van der Waals surface area contributed by atoms with E-state index >= 15 is 0 Å². The van der Waals surface area contributed by atoms with Crippen LogP contribution in [-0.2, 0) is 19.1 Å². The SMILES string of the molecule is CC(C)(C)OC(=O)C(N)(CCCCNC(=O)n1ncc(-c2ccc(F)cc2)n1)C(=O)OC(C)(C)C. The molecule has 192 valence electrons. The van der Waals surface area contributed by atoms with Crippen LogP contribution < -0.4 is 11.1 Å². The van der Waals surface area contributed by atoms with Crippen molar-refractivity contribution in [2.75, 3.05) is 6.54 Å². The normalized spacial score (nSPS) is 12.2. The van der Waals surface area contributed by atoms with E-state index in [1.165, 1.54) is 30.5 Å². The number of unbranched alkanes of at least 4 members (excludes halogenated alkanes) is 1. The standard InChI is InChI=1S/C24H34FN5O5/c1-22(2,3)34-19(31)24(26,20(32)35-23(4,5)6)13-7-8-14-27-21(33)30-28-15-18(29-30)16-9-11-17(25)12-10-16/h9-12,15H,7-8,13-14,26H2,1-6H3,(H,27,33). The van der Waals surface area contributed by atoms with Crippen molar-refractivity contribution < 1.29 is 28.2 Å². The van der Waals surface area contributed by atoms with Gasteiger partial charge in [0.2, 0.25) is 5.54 Å². The predicted octanol–water partition coefficient (Wildman–Crippen LogP) is 3.19. The molecule has 11 heteroatoms. The third-order valence-electron chi connectivity index (χ3n) is 4.61. The lowest BCUT2D eigenvalue weighted by molar-refractivity contribution is -0.177. The van der Waals surface area contributed by atoms with E-state index < -0.39 is 34.7 Å². The molecule has 10 nitrogen and oxygen atoms in total. The predicted molar refractivity (Wildman–Crippen MR) is 127 cm³/mol. The molecule has 0 fully saturated rings. The summed E-state index contributed by atoms with van der Waals surface area (Å²) in [5, 5.41) is 10.7. The summed E-state index contributed by atoms with van der Waals surface area (Å²) in [6.45, 7) is 10.3. The Balaban J connectivity index is 1.93. The number of esters is 2. The van der Waals surface area contributed by atoms with Crippen LogP contribution >= 0.6 is 0 Å². The van der Waals surface area contributed by atoms with E-state index in [-0.39, 0.29) is 18.8 Å². The lowest BCUT2D eigenvalue weighted by Gasteiger charge is -2.32. The molecule has 2 rings (SSSR count).